The summed E-state index contributed by atoms with van der Waals surface area (Å²) in [5.74, 6) is 2.21. The summed E-state index contributed by atoms with van der Waals surface area (Å²) in [5, 5.41) is 14.0. The standard InChI is InChI=1S/C13H25NO/c1-10-3-4-12(9-11(10)2)13(15)5-7-14-8-6-13/h10-12,14-15H,3-9H2,1-2H3. The Bertz CT molecular complexity index is 211. The minimum Gasteiger partial charge on any atom is -0.390 e. The van der Waals surface area contributed by atoms with Gasteiger partial charge in [-0.15, -0.1) is 0 Å². The molecule has 2 aliphatic rings. The molecule has 0 aromatic rings. The minimum atomic E-state index is -0.348. The second kappa shape index (κ2) is 4.42. The lowest BCUT2D eigenvalue weighted by Crippen LogP contribution is -2.49. The van der Waals surface area contributed by atoms with Crippen LogP contribution >= 0.6 is 0 Å². The van der Waals surface area contributed by atoms with Crippen molar-refractivity contribution in [1.82, 2.24) is 5.32 Å². The number of aliphatic hydroxyl groups is 1. The van der Waals surface area contributed by atoms with Crippen molar-refractivity contribution in [3.63, 3.8) is 0 Å². The molecule has 2 fully saturated rings. The highest BCUT2D eigenvalue weighted by atomic mass is 16.3. The molecule has 1 aliphatic heterocycles. The topological polar surface area (TPSA) is 32.3 Å². The van der Waals surface area contributed by atoms with Crippen LogP contribution in [0.2, 0.25) is 0 Å². The van der Waals surface area contributed by atoms with Crippen LogP contribution in [0.15, 0.2) is 0 Å². The van der Waals surface area contributed by atoms with Gasteiger partial charge in [-0.2, -0.15) is 0 Å². The monoisotopic (exact) mass is 211 g/mol. The summed E-state index contributed by atoms with van der Waals surface area (Å²) >= 11 is 0. The predicted octanol–water partition coefficient (Wildman–Crippen LogP) is 2.17. The Morgan fingerprint density at radius 2 is 1.73 bits per heavy atom. The fourth-order valence-electron chi connectivity index (χ4n) is 3.30. The van der Waals surface area contributed by atoms with Gasteiger partial charge >= 0.3 is 0 Å². The van der Waals surface area contributed by atoms with Crippen LogP contribution in [0.1, 0.15) is 46.0 Å². The van der Waals surface area contributed by atoms with E-state index in [4.69, 9.17) is 0 Å². The first-order chi connectivity index (χ1) is 7.12. The average molecular weight is 211 g/mol. The van der Waals surface area contributed by atoms with Gasteiger partial charge in [-0.05, 0) is 56.5 Å². The van der Waals surface area contributed by atoms with E-state index in [1.807, 2.05) is 0 Å². The van der Waals surface area contributed by atoms with Crippen LogP contribution in [0.3, 0.4) is 0 Å². The minimum absolute atomic E-state index is 0.348. The van der Waals surface area contributed by atoms with E-state index in [1.165, 1.54) is 19.3 Å². The molecule has 1 aliphatic carbocycles. The molecule has 0 aromatic carbocycles. The molecule has 2 N–H and O–H groups in total. The molecule has 3 unspecified atom stereocenters. The molecular formula is C13H25NO. The van der Waals surface area contributed by atoms with Crippen LogP contribution < -0.4 is 5.32 Å². The highest BCUT2D eigenvalue weighted by Gasteiger charge is 2.40. The average Bonchev–Trinajstić information content (AvgIpc) is 2.23. The van der Waals surface area contributed by atoms with Gasteiger partial charge in [0.15, 0.2) is 0 Å². The smallest absolute Gasteiger partial charge is 0.0700 e. The van der Waals surface area contributed by atoms with Crippen molar-refractivity contribution >= 4 is 0 Å². The molecule has 0 bridgehead atoms. The van der Waals surface area contributed by atoms with Crippen molar-refractivity contribution < 1.29 is 5.11 Å². The normalized spacial score (nSPS) is 41.4. The Hall–Kier alpha value is -0.0800. The molecule has 88 valence electrons. The first kappa shape index (κ1) is 11.4. The van der Waals surface area contributed by atoms with E-state index in [-0.39, 0.29) is 5.60 Å². The highest BCUT2D eigenvalue weighted by molar-refractivity contribution is 4.93. The quantitative estimate of drug-likeness (QED) is 0.697. The Kier molecular flexibility index (Phi) is 3.36. The van der Waals surface area contributed by atoms with Crippen molar-refractivity contribution in [2.24, 2.45) is 17.8 Å². The summed E-state index contributed by atoms with van der Waals surface area (Å²) in [6.07, 6.45) is 5.69. The summed E-state index contributed by atoms with van der Waals surface area (Å²) in [7, 11) is 0. The molecule has 3 atom stereocenters. The second-order valence-electron chi connectivity index (χ2n) is 5.82. The molecule has 2 rings (SSSR count). The molecule has 0 spiro atoms. The SMILES string of the molecule is CC1CCC(C2(O)CCNCC2)CC1C. The first-order valence-electron chi connectivity index (χ1n) is 6.55. The lowest BCUT2D eigenvalue weighted by molar-refractivity contribution is -0.0677. The van der Waals surface area contributed by atoms with E-state index in [0.717, 1.165) is 37.8 Å². The predicted molar refractivity (Wildman–Crippen MR) is 62.7 cm³/mol. The molecular weight excluding hydrogens is 186 g/mol. The molecule has 2 heteroatoms. The van der Waals surface area contributed by atoms with Gasteiger partial charge in [0.05, 0.1) is 5.60 Å². The maximum Gasteiger partial charge on any atom is 0.0700 e. The van der Waals surface area contributed by atoms with Crippen LogP contribution in [0.4, 0.5) is 0 Å². The zero-order valence-electron chi connectivity index (χ0n) is 10.1. The summed E-state index contributed by atoms with van der Waals surface area (Å²) in [4.78, 5) is 0. The van der Waals surface area contributed by atoms with Gasteiger partial charge in [-0.25, -0.2) is 0 Å². The number of hydrogen-bond donors (Lipinski definition) is 2. The number of hydrogen-bond acceptors (Lipinski definition) is 2. The zero-order valence-corrected chi connectivity index (χ0v) is 10.1. The molecule has 1 saturated heterocycles. The lowest BCUT2D eigenvalue weighted by Gasteiger charge is -2.44. The van der Waals surface area contributed by atoms with E-state index >= 15 is 0 Å². The Morgan fingerprint density at radius 3 is 2.33 bits per heavy atom. The van der Waals surface area contributed by atoms with Crippen LogP contribution in [0.25, 0.3) is 0 Å². The maximum atomic E-state index is 10.7. The molecule has 15 heavy (non-hydrogen) atoms. The third kappa shape index (κ3) is 2.36. The van der Waals surface area contributed by atoms with Crippen molar-refractivity contribution in [3.8, 4) is 0 Å². The fourth-order valence-corrected chi connectivity index (χ4v) is 3.30. The van der Waals surface area contributed by atoms with Crippen LogP contribution in [0.5, 0.6) is 0 Å². The molecule has 0 aromatic heterocycles. The van der Waals surface area contributed by atoms with E-state index < -0.39 is 0 Å². The van der Waals surface area contributed by atoms with E-state index in [2.05, 4.69) is 19.2 Å². The summed E-state index contributed by atoms with van der Waals surface area (Å²) < 4.78 is 0. The number of nitrogens with one attached hydrogen (secondary N) is 1. The van der Waals surface area contributed by atoms with Gasteiger partial charge < -0.3 is 10.4 Å². The molecule has 0 radical (unpaired) electrons. The Labute approximate surface area is 93.5 Å². The summed E-state index contributed by atoms with van der Waals surface area (Å²) in [6.45, 7) is 6.70. The van der Waals surface area contributed by atoms with E-state index in [0.29, 0.717) is 5.92 Å². The third-order valence-electron chi connectivity index (χ3n) is 4.83. The number of rotatable bonds is 1. The highest BCUT2D eigenvalue weighted by Crippen LogP contribution is 2.41. The van der Waals surface area contributed by atoms with Gasteiger partial charge in [0, 0.05) is 0 Å². The van der Waals surface area contributed by atoms with E-state index in [1.54, 1.807) is 0 Å². The van der Waals surface area contributed by atoms with E-state index in [9.17, 15) is 5.11 Å². The van der Waals surface area contributed by atoms with Gasteiger partial charge in [0.2, 0.25) is 0 Å². The Morgan fingerprint density at radius 1 is 1.07 bits per heavy atom. The summed E-state index contributed by atoms with van der Waals surface area (Å²) in [5.41, 5.74) is -0.348. The third-order valence-corrected chi connectivity index (χ3v) is 4.83. The van der Waals surface area contributed by atoms with Gasteiger partial charge in [-0.1, -0.05) is 20.3 Å². The van der Waals surface area contributed by atoms with Crippen LogP contribution in [-0.2, 0) is 0 Å². The van der Waals surface area contributed by atoms with Gasteiger partial charge in [0.25, 0.3) is 0 Å². The zero-order chi connectivity index (χ0) is 10.9. The van der Waals surface area contributed by atoms with Crippen molar-refractivity contribution in [2.45, 2.75) is 51.6 Å². The fraction of sp³-hybridized carbons (Fsp3) is 1.00. The first-order valence-corrected chi connectivity index (χ1v) is 6.55. The molecule has 0 amide bonds. The molecule has 1 heterocycles. The van der Waals surface area contributed by atoms with Crippen molar-refractivity contribution in [2.75, 3.05) is 13.1 Å². The van der Waals surface area contributed by atoms with Crippen LogP contribution in [0, 0.1) is 17.8 Å². The molecule has 2 nitrogen and oxygen atoms in total. The van der Waals surface area contributed by atoms with Crippen LogP contribution in [-0.4, -0.2) is 23.8 Å². The largest absolute Gasteiger partial charge is 0.390 e. The summed E-state index contributed by atoms with van der Waals surface area (Å²) in [6, 6.07) is 0. The van der Waals surface area contributed by atoms with Gasteiger partial charge in [0.1, 0.15) is 0 Å². The molecule has 1 saturated carbocycles. The Balaban J connectivity index is 1.97. The van der Waals surface area contributed by atoms with Gasteiger partial charge in [-0.3, -0.25) is 0 Å². The van der Waals surface area contributed by atoms with Crippen molar-refractivity contribution in [1.29, 1.82) is 0 Å². The lowest BCUT2D eigenvalue weighted by atomic mass is 9.67. The maximum absolute atomic E-state index is 10.7. The van der Waals surface area contributed by atoms with Crippen molar-refractivity contribution in [3.05, 3.63) is 0 Å². The number of piperidine rings is 1. The second-order valence-corrected chi connectivity index (χ2v) is 5.82.